The maximum absolute atomic E-state index is 5.34. The smallest absolute Gasteiger partial charge is 0.204 e. The standard InChI is InChI=1S/C10H10N2OSi/c14-13-9-5-3-7-12-10(9)8-4-1-2-6-11-8/h1-7H,14H3. The SMILES string of the molecule is [SiH3]Oc1cccnc1-c1ccccn1. The van der Waals surface area contributed by atoms with Crippen molar-refractivity contribution in [3.8, 4) is 17.1 Å². The van der Waals surface area contributed by atoms with E-state index in [0.29, 0.717) is 10.5 Å². The van der Waals surface area contributed by atoms with Crippen LogP contribution in [0.15, 0.2) is 42.7 Å². The van der Waals surface area contributed by atoms with Crippen LogP contribution in [0.4, 0.5) is 0 Å². The van der Waals surface area contributed by atoms with Crippen LogP contribution in [-0.4, -0.2) is 20.5 Å². The first-order valence-electron chi connectivity index (χ1n) is 4.32. The molecule has 0 aliphatic carbocycles. The van der Waals surface area contributed by atoms with E-state index in [-0.39, 0.29) is 0 Å². The lowest BCUT2D eigenvalue weighted by Crippen LogP contribution is -1.93. The molecular weight excluding hydrogens is 192 g/mol. The van der Waals surface area contributed by atoms with Gasteiger partial charge in [-0.25, -0.2) is 0 Å². The fourth-order valence-corrected chi connectivity index (χ4v) is 1.58. The molecular formula is C10H10N2OSi. The van der Waals surface area contributed by atoms with E-state index in [1.54, 1.807) is 12.4 Å². The molecule has 2 aromatic rings. The number of hydrogen-bond donors (Lipinski definition) is 0. The molecule has 3 nitrogen and oxygen atoms in total. The third-order valence-corrected chi connectivity index (χ3v) is 2.34. The number of rotatable bonds is 2. The summed E-state index contributed by atoms with van der Waals surface area (Å²) >= 11 is 0. The van der Waals surface area contributed by atoms with Crippen LogP contribution in [-0.2, 0) is 0 Å². The van der Waals surface area contributed by atoms with Gasteiger partial charge in [-0.2, -0.15) is 0 Å². The van der Waals surface area contributed by atoms with E-state index >= 15 is 0 Å². The first-order chi connectivity index (χ1) is 6.92. The van der Waals surface area contributed by atoms with E-state index in [0.717, 1.165) is 17.1 Å². The second-order valence-electron chi connectivity index (χ2n) is 2.77. The van der Waals surface area contributed by atoms with Gasteiger partial charge in [-0.15, -0.1) is 0 Å². The van der Waals surface area contributed by atoms with E-state index in [2.05, 4.69) is 9.97 Å². The van der Waals surface area contributed by atoms with Crippen LogP contribution in [0.2, 0.25) is 0 Å². The Morgan fingerprint density at radius 2 is 1.86 bits per heavy atom. The summed E-state index contributed by atoms with van der Waals surface area (Å²) in [6.07, 6.45) is 3.50. The summed E-state index contributed by atoms with van der Waals surface area (Å²) in [5.41, 5.74) is 1.65. The zero-order valence-electron chi connectivity index (χ0n) is 7.84. The second kappa shape index (κ2) is 4.02. The molecule has 0 amide bonds. The Morgan fingerprint density at radius 3 is 2.57 bits per heavy atom. The number of aromatic nitrogens is 2. The van der Waals surface area contributed by atoms with E-state index in [1.807, 2.05) is 30.3 Å². The van der Waals surface area contributed by atoms with Crippen LogP contribution in [0.1, 0.15) is 0 Å². The van der Waals surface area contributed by atoms with Crippen LogP contribution in [0.25, 0.3) is 11.4 Å². The highest BCUT2D eigenvalue weighted by Crippen LogP contribution is 2.24. The quantitative estimate of drug-likeness (QED) is 0.676. The number of pyridine rings is 2. The molecule has 14 heavy (non-hydrogen) atoms. The van der Waals surface area contributed by atoms with E-state index < -0.39 is 0 Å². The van der Waals surface area contributed by atoms with Crippen LogP contribution in [0, 0.1) is 0 Å². The van der Waals surface area contributed by atoms with Crippen molar-refractivity contribution < 1.29 is 4.43 Å². The summed E-state index contributed by atoms with van der Waals surface area (Å²) in [7, 11) is 0.658. The highest BCUT2D eigenvalue weighted by Gasteiger charge is 2.05. The Labute approximate surface area is 85.3 Å². The molecule has 2 rings (SSSR count). The molecule has 0 radical (unpaired) electrons. The second-order valence-corrected chi connectivity index (χ2v) is 3.18. The zero-order chi connectivity index (χ0) is 9.80. The van der Waals surface area contributed by atoms with E-state index in [4.69, 9.17) is 4.43 Å². The minimum absolute atomic E-state index is 0.658. The first kappa shape index (κ1) is 8.90. The molecule has 0 spiro atoms. The normalized spacial score (nSPS) is 10.0. The maximum atomic E-state index is 5.34. The molecule has 2 heterocycles. The molecule has 0 N–H and O–H groups in total. The van der Waals surface area contributed by atoms with Gasteiger partial charge in [0.15, 0.2) is 0 Å². The summed E-state index contributed by atoms with van der Waals surface area (Å²) < 4.78 is 5.34. The molecule has 0 fully saturated rings. The third kappa shape index (κ3) is 1.65. The highest BCUT2D eigenvalue weighted by atomic mass is 28.2. The molecule has 4 heteroatoms. The van der Waals surface area contributed by atoms with Gasteiger partial charge in [0.2, 0.25) is 10.5 Å². The molecule has 0 saturated heterocycles. The molecule has 0 unspecified atom stereocenters. The molecule has 2 aromatic heterocycles. The van der Waals surface area contributed by atoms with Gasteiger partial charge in [0.25, 0.3) is 0 Å². The average Bonchev–Trinajstić information content (AvgIpc) is 2.30. The molecule has 0 atom stereocenters. The molecule has 0 aliphatic rings. The Balaban J connectivity index is 2.51. The monoisotopic (exact) mass is 202 g/mol. The number of hydrogen-bond acceptors (Lipinski definition) is 3. The van der Waals surface area contributed by atoms with Gasteiger partial charge >= 0.3 is 0 Å². The van der Waals surface area contributed by atoms with Gasteiger partial charge < -0.3 is 4.43 Å². The molecule has 0 aliphatic heterocycles. The van der Waals surface area contributed by atoms with Crippen molar-refractivity contribution in [2.75, 3.05) is 0 Å². The Bertz CT molecular complexity index is 419. The molecule has 0 bridgehead atoms. The van der Waals surface area contributed by atoms with Gasteiger partial charge in [0.1, 0.15) is 11.4 Å². The van der Waals surface area contributed by atoms with Gasteiger partial charge in [-0.3, -0.25) is 9.97 Å². The lowest BCUT2D eigenvalue weighted by molar-refractivity contribution is 0.614. The number of nitrogens with zero attached hydrogens (tertiary/aromatic N) is 2. The lowest BCUT2D eigenvalue weighted by atomic mass is 10.2. The van der Waals surface area contributed by atoms with Crippen molar-refractivity contribution in [3.63, 3.8) is 0 Å². The van der Waals surface area contributed by atoms with Crippen molar-refractivity contribution in [3.05, 3.63) is 42.7 Å². The van der Waals surface area contributed by atoms with Crippen LogP contribution in [0.3, 0.4) is 0 Å². The highest BCUT2D eigenvalue weighted by molar-refractivity contribution is 6.00. The average molecular weight is 202 g/mol. The van der Waals surface area contributed by atoms with Gasteiger partial charge in [0, 0.05) is 12.4 Å². The predicted molar refractivity (Wildman–Crippen MR) is 58.0 cm³/mol. The van der Waals surface area contributed by atoms with Crippen LogP contribution < -0.4 is 4.43 Å². The minimum atomic E-state index is 0.658. The fraction of sp³-hybridized carbons (Fsp3) is 0. The van der Waals surface area contributed by atoms with Crippen molar-refractivity contribution in [1.82, 2.24) is 9.97 Å². The Hall–Kier alpha value is -1.68. The summed E-state index contributed by atoms with van der Waals surface area (Å²) in [4.78, 5) is 8.49. The summed E-state index contributed by atoms with van der Waals surface area (Å²) in [6.45, 7) is 0. The lowest BCUT2D eigenvalue weighted by Gasteiger charge is -2.05. The van der Waals surface area contributed by atoms with E-state index in [9.17, 15) is 0 Å². The minimum Gasteiger partial charge on any atom is -0.552 e. The van der Waals surface area contributed by atoms with Gasteiger partial charge in [-0.1, -0.05) is 6.07 Å². The van der Waals surface area contributed by atoms with Crippen molar-refractivity contribution >= 4 is 10.5 Å². The third-order valence-electron chi connectivity index (χ3n) is 1.90. The van der Waals surface area contributed by atoms with E-state index in [1.165, 1.54) is 0 Å². The molecule has 0 aromatic carbocycles. The maximum Gasteiger partial charge on any atom is 0.204 e. The summed E-state index contributed by atoms with van der Waals surface area (Å²) in [6, 6.07) is 9.51. The fourth-order valence-electron chi connectivity index (χ4n) is 1.25. The zero-order valence-corrected chi connectivity index (χ0v) is 9.84. The Morgan fingerprint density at radius 1 is 1.00 bits per heavy atom. The Kier molecular flexibility index (Phi) is 2.55. The van der Waals surface area contributed by atoms with Crippen molar-refractivity contribution in [1.29, 1.82) is 0 Å². The van der Waals surface area contributed by atoms with Gasteiger partial charge in [-0.05, 0) is 24.3 Å². The molecule has 70 valence electrons. The van der Waals surface area contributed by atoms with Crippen LogP contribution >= 0.6 is 0 Å². The van der Waals surface area contributed by atoms with Crippen molar-refractivity contribution in [2.24, 2.45) is 0 Å². The largest absolute Gasteiger partial charge is 0.552 e. The summed E-state index contributed by atoms with van der Waals surface area (Å²) in [5, 5.41) is 0. The summed E-state index contributed by atoms with van der Waals surface area (Å²) in [5.74, 6) is 0.804. The predicted octanol–water partition coefficient (Wildman–Crippen LogP) is 0.803. The van der Waals surface area contributed by atoms with Gasteiger partial charge in [0.05, 0.1) is 5.69 Å². The molecule has 0 saturated carbocycles. The van der Waals surface area contributed by atoms with Crippen LogP contribution in [0.5, 0.6) is 5.75 Å². The first-order valence-corrected chi connectivity index (χ1v) is 5.14. The topological polar surface area (TPSA) is 35.0 Å². The van der Waals surface area contributed by atoms with Crippen molar-refractivity contribution in [2.45, 2.75) is 0 Å².